The first kappa shape index (κ1) is 15.0. The van der Waals surface area contributed by atoms with E-state index in [2.05, 4.69) is 5.32 Å². The Morgan fingerprint density at radius 1 is 1.42 bits per heavy atom. The van der Waals surface area contributed by atoms with Crippen molar-refractivity contribution in [2.24, 2.45) is 0 Å². The normalized spacial score (nSPS) is 11.7. The Labute approximate surface area is 112 Å². The first-order valence-electron chi connectivity index (χ1n) is 6.13. The highest BCUT2D eigenvalue weighted by Gasteiger charge is 2.13. The van der Waals surface area contributed by atoms with Crippen LogP contribution >= 0.6 is 0 Å². The molecule has 1 amide bonds. The summed E-state index contributed by atoms with van der Waals surface area (Å²) in [4.78, 5) is 21.7. The highest BCUT2D eigenvalue weighted by atomic mass is 16.5. The van der Waals surface area contributed by atoms with E-state index in [9.17, 15) is 9.59 Å². The zero-order valence-corrected chi connectivity index (χ0v) is 11.2. The van der Waals surface area contributed by atoms with Crippen molar-refractivity contribution >= 4 is 11.9 Å². The number of carboxylic acid groups (broad SMARTS) is 1. The van der Waals surface area contributed by atoms with E-state index in [1.54, 1.807) is 7.11 Å². The molecule has 0 aliphatic heterocycles. The van der Waals surface area contributed by atoms with E-state index in [-0.39, 0.29) is 18.4 Å². The van der Waals surface area contributed by atoms with Gasteiger partial charge in [-0.15, -0.1) is 0 Å². The molecule has 0 saturated carbocycles. The van der Waals surface area contributed by atoms with E-state index in [0.29, 0.717) is 12.8 Å². The summed E-state index contributed by atoms with van der Waals surface area (Å²) < 4.78 is 5.13. The van der Waals surface area contributed by atoms with Crippen molar-refractivity contribution in [1.82, 2.24) is 5.32 Å². The van der Waals surface area contributed by atoms with Crippen LogP contribution in [0.1, 0.15) is 25.3 Å². The molecule has 0 fully saturated rings. The molecule has 2 N–H and O–H groups in total. The van der Waals surface area contributed by atoms with Gasteiger partial charge in [0.2, 0.25) is 5.91 Å². The fourth-order valence-electron chi connectivity index (χ4n) is 1.89. The topological polar surface area (TPSA) is 75.6 Å². The number of amides is 1. The quantitative estimate of drug-likeness (QED) is 0.785. The maximum absolute atomic E-state index is 11.1. The number of carboxylic acids is 1. The fraction of sp³-hybridized carbons (Fsp3) is 0.429. The van der Waals surface area contributed by atoms with Gasteiger partial charge in [-0.05, 0) is 30.5 Å². The van der Waals surface area contributed by atoms with E-state index >= 15 is 0 Å². The second-order valence-electron chi connectivity index (χ2n) is 4.39. The highest BCUT2D eigenvalue weighted by Crippen LogP contribution is 2.15. The third kappa shape index (κ3) is 5.90. The lowest BCUT2D eigenvalue weighted by Gasteiger charge is -2.17. The first-order valence-corrected chi connectivity index (χ1v) is 6.13. The van der Waals surface area contributed by atoms with Crippen molar-refractivity contribution < 1.29 is 19.4 Å². The summed E-state index contributed by atoms with van der Waals surface area (Å²) in [7, 11) is 1.59. The summed E-state index contributed by atoms with van der Waals surface area (Å²) in [6.45, 7) is 1.43. The van der Waals surface area contributed by atoms with Crippen molar-refractivity contribution in [3.8, 4) is 5.75 Å². The zero-order chi connectivity index (χ0) is 14.3. The van der Waals surface area contributed by atoms with Crippen LogP contribution < -0.4 is 10.1 Å². The van der Waals surface area contributed by atoms with Crippen LogP contribution in [-0.2, 0) is 16.0 Å². The van der Waals surface area contributed by atoms with Crippen LogP contribution in [0.25, 0.3) is 0 Å². The summed E-state index contributed by atoms with van der Waals surface area (Å²) in [5, 5.41) is 11.5. The van der Waals surface area contributed by atoms with Crippen molar-refractivity contribution in [2.45, 2.75) is 32.2 Å². The molecular weight excluding hydrogens is 246 g/mol. The number of nitrogens with one attached hydrogen (secondary N) is 1. The minimum atomic E-state index is -0.860. The van der Waals surface area contributed by atoms with E-state index in [1.165, 1.54) is 6.92 Å². The monoisotopic (exact) mass is 265 g/mol. The molecule has 0 saturated heterocycles. The molecule has 1 aromatic carbocycles. The molecule has 0 bridgehead atoms. The average Bonchev–Trinajstić information content (AvgIpc) is 2.35. The van der Waals surface area contributed by atoms with E-state index in [4.69, 9.17) is 9.84 Å². The zero-order valence-electron chi connectivity index (χ0n) is 11.2. The molecule has 1 rings (SSSR count). The lowest BCUT2D eigenvalue weighted by Crippen LogP contribution is -2.35. The molecule has 0 radical (unpaired) electrons. The second-order valence-corrected chi connectivity index (χ2v) is 4.39. The van der Waals surface area contributed by atoms with Crippen LogP contribution in [0.5, 0.6) is 5.75 Å². The van der Waals surface area contributed by atoms with Gasteiger partial charge in [0.1, 0.15) is 5.75 Å². The number of methoxy groups -OCH3 is 1. The summed E-state index contributed by atoms with van der Waals surface area (Å²) in [6, 6.07) is 7.35. The van der Waals surface area contributed by atoms with Gasteiger partial charge in [0, 0.05) is 19.4 Å². The summed E-state index contributed by atoms with van der Waals surface area (Å²) in [5.41, 5.74) is 1.00. The number of carbonyl (C=O) groups is 2. The maximum atomic E-state index is 11.1. The molecule has 0 spiro atoms. The summed E-state index contributed by atoms with van der Waals surface area (Å²) >= 11 is 0. The molecule has 5 heteroatoms. The number of hydrogen-bond acceptors (Lipinski definition) is 3. The van der Waals surface area contributed by atoms with Gasteiger partial charge in [-0.1, -0.05) is 12.1 Å². The molecule has 0 aliphatic rings. The predicted octanol–water partition coefficient (Wildman–Crippen LogP) is 1.61. The van der Waals surface area contributed by atoms with Crippen molar-refractivity contribution in [3.63, 3.8) is 0 Å². The highest BCUT2D eigenvalue weighted by molar-refractivity contribution is 5.73. The van der Waals surface area contributed by atoms with Crippen LogP contribution in [0.15, 0.2) is 24.3 Å². The van der Waals surface area contributed by atoms with Gasteiger partial charge in [0.05, 0.1) is 7.11 Å². The smallest absolute Gasteiger partial charge is 0.303 e. The number of ether oxygens (including phenoxy) is 1. The van der Waals surface area contributed by atoms with Crippen LogP contribution in [0, 0.1) is 0 Å². The van der Waals surface area contributed by atoms with Crippen LogP contribution in [0.4, 0.5) is 0 Å². The molecule has 1 atom stereocenters. The maximum Gasteiger partial charge on any atom is 0.303 e. The third-order valence-electron chi connectivity index (χ3n) is 2.73. The Balaban J connectivity index is 2.68. The van der Waals surface area contributed by atoms with E-state index in [0.717, 1.165) is 11.3 Å². The van der Waals surface area contributed by atoms with Crippen LogP contribution in [0.2, 0.25) is 0 Å². The van der Waals surface area contributed by atoms with Crippen LogP contribution in [0.3, 0.4) is 0 Å². The standard InChI is InChI=1S/C14H19NO4/c1-10(16)15-12(6-7-14(17)18)8-11-4-3-5-13(9-11)19-2/h3-5,9,12H,6-8H2,1-2H3,(H,15,16)(H,17,18)/t12-/m0/s1. The molecule has 104 valence electrons. The Kier molecular flexibility index (Phi) is 5.85. The molecule has 0 unspecified atom stereocenters. The second kappa shape index (κ2) is 7.41. The van der Waals surface area contributed by atoms with Gasteiger partial charge in [-0.3, -0.25) is 9.59 Å². The van der Waals surface area contributed by atoms with Crippen molar-refractivity contribution in [3.05, 3.63) is 29.8 Å². The lowest BCUT2D eigenvalue weighted by molar-refractivity contribution is -0.137. The van der Waals surface area contributed by atoms with Gasteiger partial charge >= 0.3 is 5.97 Å². The minimum Gasteiger partial charge on any atom is -0.497 e. The summed E-state index contributed by atoms with van der Waals surface area (Å²) in [5.74, 6) is -0.267. The number of benzene rings is 1. The minimum absolute atomic E-state index is 0.0366. The molecule has 1 aromatic rings. The number of rotatable bonds is 7. The summed E-state index contributed by atoms with van der Waals surface area (Å²) in [6.07, 6.45) is 1.03. The Hall–Kier alpha value is -2.04. The largest absolute Gasteiger partial charge is 0.497 e. The SMILES string of the molecule is COc1cccc(C[C@H](CCC(=O)O)NC(C)=O)c1. The molecule has 0 aromatic heterocycles. The number of carbonyl (C=O) groups excluding carboxylic acids is 1. The van der Waals surface area contributed by atoms with Gasteiger partial charge in [0.25, 0.3) is 0 Å². The van der Waals surface area contributed by atoms with Gasteiger partial charge in [-0.25, -0.2) is 0 Å². The lowest BCUT2D eigenvalue weighted by atomic mass is 10.0. The molecule has 5 nitrogen and oxygen atoms in total. The fourth-order valence-corrected chi connectivity index (χ4v) is 1.89. The van der Waals surface area contributed by atoms with Gasteiger partial charge in [-0.2, -0.15) is 0 Å². The Bertz CT molecular complexity index is 445. The number of aliphatic carboxylic acids is 1. The van der Waals surface area contributed by atoms with Gasteiger partial charge in [0.15, 0.2) is 0 Å². The van der Waals surface area contributed by atoms with Crippen LogP contribution in [-0.4, -0.2) is 30.1 Å². The van der Waals surface area contributed by atoms with Crippen molar-refractivity contribution in [2.75, 3.05) is 7.11 Å². The Morgan fingerprint density at radius 3 is 2.74 bits per heavy atom. The Morgan fingerprint density at radius 2 is 2.16 bits per heavy atom. The molecule has 0 heterocycles. The number of hydrogen-bond donors (Lipinski definition) is 2. The predicted molar refractivity (Wildman–Crippen MR) is 71.2 cm³/mol. The molecule has 0 aliphatic carbocycles. The van der Waals surface area contributed by atoms with Gasteiger partial charge < -0.3 is 15.2 Å². The third-order valence-corrected chi connectivity index (χ3v) is 2.73. The molecular formula is C14H19NO4. The average molecular weight is 265 g/mol. The first-order chi connectivity index (χ1) is 9.01. The van der Waals surface area contributed by atoms with Crippen molar-refractivity contribution in [1.29, 1.82) is 0 Å². The van der Waals surface area contributed by atoms with E-state index in [1.807, 2.05) is 24.3 Å². The molecule has 19 heavy (non-hydrogen) atoms. The van der Waals surface area contributed by atoms with E-state index < -0.39 is 5.97 Å².